The third kappa shape index (κ3) is 6.91. The molecule has 9 heteroatoms. The van der Waals surface area contributed by atoms with Crippen molar-refractivity contribution in [2.75, 3.05) is 26.0 Å². The molecule has 0 aliphatic heterocycles. The van der Waals surface area contributed by atoms with Gasteiger partial charge in [0.25, 0.3) is 5.56 Å². The average Bonchev–Trinajstić information content (AvgIpc) is 3.15. The van der Waals surface area contributed by atoms with Crippen molar-refractivity contribution in [1.82, 2.24) is 24.0 Å². The number of aryl methyl sites for hydroxylation is 2. The summed E-state index contributed by atoms with van der Waals surface area (Å²) in [6.07, 6.45) is 3.28. The average molecular weight is 483 g/mol. The maximum absolute atomic E-state index is 12.7. The van der Waals surface area contributed by atoms with E-state index in [0.717, 1.165) is 31.5 Å². The van der Waals surface area contributed by atoms with Gasteiger partial charge in [-0.15, -0.1) is 0 Å². The van der Waals surface area contributed by atoms with Crippen LogP contribution in [0.5, 0.6) is 0 Å². The van der Waals surface area contributed by atoms with Crippen LogP contribution in [0.15, 0.2) is 33.9 Å². The summed E-state index contributed by atoms with van der Waals surface area (Å²) in [5.41, 5.74) is 1.90. The van der Waals surface area contributed by atoms with Gasteiger partial charge in [0.15, 0.2) is 11.2 Å². The number of nitrogens with one attached hydrogen (secondary N) is 2. The highest BCUT2D eigenvalue weighted by Crippen LogP contribution is 2.17. The first kappa shape index (κ1) is 26.4. The number of aromatic nitrogens is 4. The molecule has 0 saturated heterocycles. The number of aromatic amines is 1. The van der Waals surface area contributed by atoms with Crippen LogP contribution in [0.2, 0.25) is 0 Å². The van der Waals surface area contributed by atoms with Gasteiger partial charge in [0, 0.05) is 38.2 Å². The van der Waals surface area contributed by atoms with Gasteiger partial charge in [-0.25, -0.2) is 9.78 Å². The Bertz CT molecular complexity index is 1250. The molecular weight excluding hydrogens is 444 g/mol. The molecule has 3 aromatic rings. The second-order valence-corrected chi connectivity index (χ2v) is 9.77. The van der Waals surface area contributed by atoms with Crippen LogP contribution in [0.1, 0.15) is 51.4 Å². The van der Waals surface area contributed by atoms with Crippen molar-refractivity contribution in [2.24, 2.45) is 5.92 Å². The zero-order valence-corrected chi connectivity index (χ0v) is 21.6. The molecule has 190 valence electrons. The Morgan fingerprint density at radius 3 is 2.46 bits per heavy atom. The molecule has 3 rings (SSSR count). The van der Waals surface area contributed by atoms with E-state index < -0.39 is 11.2 Å². The molecule has 2 aromatic heterocycles. The van der Waals surface area contributed by atoms with Crippen molar-refractivity contribution in [3.05, 3.63) is 56.5 Å². The number of carbonyl (C=O) groups excluding carboxylic acids is 1. The fourth-order valence-electron chi connectivity index (χ4n) is 4.05. The van der Waals surface area contributed by atoms with Crippen molar-refractivity contribution >= 4 is 22.8 Å². The summed E-state index contributed by atoms with van der Waals surface area (Å²) in [5.74, 6) is 0.789. The van der Waals surface area contributed by atoms with E-state index in [9.17, 15) is 14.4 Å². The zero-order chi connectivity index (χ0) is 25.5. The number of hydrogen-bond donors (Lipinski definition) is 2. The van der Waals surface area contributed by atoms with Gasteiger partial charge in [0.1, 0.15) is 5.82 Å². The number of nitrogens with zero attached hydrogens (tertiary/aromatic N) is 4. The lowest BCUT2D eigenvalue weighted by molar-refractivity contribution is -0.116. The van der Waals surface area contributed by atoms with Crippen molar-refractivity contribution in [2.45, 2.75) is 66.0 Å². The molecule has 0 fully saturated rings. The number of anilines is 1. The third-order valence-electron chi connectivity index (χ3n) is 5.91. The van der Waals surface area contributed by atoms with Gasteiger partial charge < -0.3 is 14.8 Å². The smallest absolute Gasteiger partial charge is 0.326 e. The largest absolute Gasteiger partial charge is 0.330 e. The zero-order valence-electron chi connectivity index (χ0n) is 21.6. The molecule has 0 radical (unpaired) electrons. The lowest BCUT2D eigenvalue weighted by Crippen LogP contribution is -2.31. The maximum Gasteiger partial charge on any atom is 0.330 e. The van der Waals surface area contributed by atoms with Gasteiger partial charge >= 0.3 is 5.69 Å². The van der Waals surface area contributed by atoms with Crippen molar-refractivity contribution in [3.8, 4) is 0 Å². The minimum absolute atomic E-state index is 0.119. The predicted molar refractivity (Wildman–Crippen MR) is 140 cm³/mol. The van der Waals surface area contributed by atoms with Crippen LogP contribution in [-0.2, 0) is 30.7 Å². The minimum Gasteiger partial charge on any atom is -0.326 e. The molecule has 0 saturated carbocycles. The number of imidazole rings is 1. The Labute approximate surface area is 206 Å². The van der Waals surface area contributed by atoms with Crippen molar-refractivity contribution in [3.63, 3.8) is 0 Å². The highest BCUT2D eigenvalue weighted by molar-refractivity contribution is 5.90. The van der Waals surface area contributed by atoms with Crippen molar-refractivity contribution < 1.29 is 4.79 Å². The lowest BCUT2D eigenvalue weighted by Gasteiger charge is -2.12. The Kier molecular flexibility index (Phi) is 9.03. The van der Waals surface area contributed by atoms with Crippen LogP contribution in [-0.4, -0.2) is 50.5 Å². The van der Waals surface area contributed by atoms with E-state index >= 15 is 0 Å². The summed E-state index contributed by atoms with van der Waals surface area (Å²) in [6.45, 7) is 8.21. The van der Waals surface area contributed by atoms with E-state index in [4.69, 9.17) is 0 Å². The standard InChI is InChI=1S/C26H38N6O3/c1-6-7-15-31-24-23(25(34)29-26(31)35)32(17-18(2)3)21(28-24)12-13-22(33)27-20-10-8-19(9-11-20)14-16-30(4)5/h8-11,18H,6-7,12-17H2,1-5H3,(H,27,33)(H,29,34,35). The molecule has 0 unspecified atom stereocenters. The number of rotatable bonds is 12. The molecule has 0 aliphatic rings. The van der Waals surface area contributed by atoms with E-state index in [1.807, 2.05) is 49.9 Å². The highest BCUT2D eigenvalue weighted by Gasteiger charge is 2.19. The Morgan fingerprint density at radius 2 is 1.83 bits per heavy atom. The number of fused-ring (bicyclic) bond motifs is 1. The number of amides is 1. The Balaban J connectivity index is 1.78. The van der Waals surface area contributed by atoms with Gasteiger partial charge in [0.05, 0.1) is 0 Å². The molecule has 2 heterocycles. The van der Waals surface area contributed by atoms with Gasteiger partial charge in [-0.05, 0) is 50.6 Å². The van der Waals surface area contributed by atoms with Crippen LogP contribution in [0.3, 0.4) is 0 Å². The summed E-state index contributed by atoms with van der Waals surface area (Å²) in [6, 6.07) is 7.90. The van der Waals surface area contributed by atoms with Gasteiger partial charge in [-0.1, -0.05) is 39.3 Å². The predicted octanol–water partition coefficient (Wildman–Crippen LogP) is 3.02. The highest BCUT2D eigenvalue weighted by atomic mass is 16.2. The first-order valence-electron chi connectivity index (χ1n) is 12.4. The Morgan fingerprint density at radius 1 is 1.11 bits per heavy atom. The number of carbonyl (C=O) groups is 1. The fraction of sp³-hybridized carbons (Fsp3) is 0.538. The first-order chi connectivity index (χ1) is 16.7. The van der Waals surface area contributed by atoms with Gasteiger partial charge in [0.2, 0.25) is 5.91 Å². The monoisotopic (exact) mass is 482 g/mol. The van der Waals surface area contributed by atoms with E-state index in [-0.39, 0.29) is 18.2 Å². The quantitative estimate of drug-likeness (QED) is 0.413. The van der Waals surface area contributed by atoms with Crippen molar-refractivity contribution in [1.29, 1.82) is 0 Å². The number of likely N-dealkylation sites (N-methyl/N-ethyl adjacent to an activating group) is 1. The topological polar surface area (TPSA) is 105 Å². The number of benzene rings is 1. The van der Waals surface area contributed by atoms with Crippen LogP contribution in [0.25, 0.3) is 11.2 Å². The molecule has 1 amide bonds. The SMILES string of the molecule is CCCCn1c(=O)[nH]c(=O)c2c1nc(CCC(=O)Nc1ccc(CCN(C)C)cc1)n2CC(C)C. The van der Waals surface area contributed by atoms with Gasteiger partial charge in [-0.2, -0.15) is 0 Å². The second kappa shape index (κ2) is 12.0. The normalized spacial score (nSPS) is 11.6. The van der Waals surface area contributed by atoms with Crippen LogP contribution < -0.4 is 16.6 Å². The summed E-state index contributed by atoms with van der Waals surface area (Å²) in [7, 11) is 4.09. The third-order valence-corrected chi connectivity index (χ3v) is 5.91. The maximum atomic E-state index is 12.7. The van der Waals surface area contributed by atoms with E-state index in [1.54, 1.807) is 4.57 Å². The molecule has 0 atom stereocenters. The lowest BCUT2D eigenvalue weighted by atomic mass is 10.1. The van der Waals surface area contributed by atoms with Crippen LogP contribution in [0, 0.1) is 5.92 Å². The molecule has 1 aromatic carbocycles. The number of hydrogen-bond acceptors (Lipinski definition) is 5. The van der Waals surface area contributed by atoms with Gasteiger partial charge in [-0.3, -0.25) is 19.1 Å². The molecule has 0 spiro atoms. The van der Waals surface area contributed by atoms with Crippen LogP contribution >= 0.6 is 0 Å². The summed E-state index contributed by atoms with van der Waals surface area (Å²) in [4.78, 5) is 47.1. The summed E-state index contributed by atoms with van der Waals surface area (Å²) >= 11 is 0. The summed E-state index contributed by atoms with van der Waals surface area (Å²) in [5, 5.41) is 2.95. The number of unbranched alkanes of at least 4 members (excludes halogenated alkanes) is 1. The van der Waals surface area contributed by atoms with Crippen LogP contribution in [0.4, 0.5) is 5.69 Å². The van der Waals surface area contributed by atoms with E-state index in [1.165, 1.54) is 5.56 Å². The fourth-order valence-corrected chi connectivity index (χ4v) is 4.05. The molecule has 0 aliphatic carbocycles. The van der Waals surface area contributed by atoms with E-state index in [2.05, 4.69) is 34.0 Å². The molecule has 9 nitrogen and oxygen atoms in total. The molecular formula is C26H38N6O3. The van der Waals surface area contributed by atoms with E-state index in [0.29, 0.717) is 36.5 Å². The minimum atomic E-state index is -0.441. The molecule has 2 N–H and O–H groups in total. The molecule has 35 heavy (non-hydrogen) atoms. The second-order valence-electron chi connectivity index (χ2n) is 9.77. The number of H-pyrrole nitrogens is 1. The first-order valence-corrected chi connectivity index (χ1v) is 12.4. The molecule has 0 bridgehead atoms. The summed E-state index contributed by atoms with van der Waals surface area (Å²) < 4.78 is 3.41. The Hall–Kier alpha value is -3.20.